The highest BCUT2D eigenvalue weighted by Crippen LogP contribution is 2.29. The zero-order valence-corrected chi connectivity index (χ0v) is 20.1. The minimum absolute atomic E-state index is 0.208. The molecule has 2 amide bonds. The Morgan fingerprint density at radius 3 is 2.56 bits per heavy atom. The Balaban J connectivity index is 1.53. The Bertz CT molecular complexity index is 1250. The molecule has 13 heteroatoms. The van der Waals surface area contributed by atoms with E-state index in [4.69, 9.17) is 16.3 Å². The van der Waals surface area contributed by atoms with Crippen LogP contribution in [0.3, 0.4) is 0 Å². The number of aromatic nitrogens is 4. The minimum Gasteiger partial charge on any atom is -0.495 e. The minimum atomic E-state index is -3.54. The molecule has 1 aliphatic heterocycles. The Hall–Kier alpha value is -3.38. The van der Waals surface area contributed by atoms with Crippen LogP contribution < -0.4 is 20.3 Å². The molecule has 2 aromatic heterocycles. The van der Waals surface area contributed by atoms with Gasteiger partial charge in [-0.2, -0.15) is 4.98 Å². The van der Waals surface area contributed by atoms with Crippen LogP contribution in [0.25, 0.3) is 0 Å². The molecule has 0 aliphatic carbocycles. The topological polar surface area (TPSA) is 131 Å². The van der Waals surface area contributed by atoms with Crippen LogP contribution in [0.15, 0.2) is 48.9 Å². The molecule has 1 saturated heterocycles. The fourth-order valence-electron chi connectivity index (χ4n) is 3.75. The van der Waals surface area contributed by atoms with Crippen LogP contribution in [0.5, 0.6) is 5.75 Å². The first-order valence-electron chi connectivity index (χ1n) is 10.4. The van der Waals surface area contributed by atoms with Crippen LogP contribution in [-0.2, 0) is 10.0 Å². The number of halogens is 1. The highest BCUT2D eigenvalue weighted by molar-refractivity contribution is 7.89. The fraction of sp³-hybridized carbons (Fsp3) is 0.333. The van der Waals surface area contributed by atoms with Gasteiger partial charge in [0.2, 0.25) is 5.95 Å². The number of pyridine rings is 1. The lowest BCUT2D eigenvalue weighted by molar-refractivity contribution is 0.243. The maximum absolute atomic E-state index is 12.7. The number of hydrogen-bond acceptors (Lipinski definition) is 8. The Morgan fingerprint density at radius 1 is 1.18 bits per heavy atom. The van der Waals surface area contributed by atoms with Crippen molar-refractivity contribution in [1.82, 2.24) is 24.5 Å². The number of piperidine rings is 1. The van der Waals surface area contributed by atoms with Gasteiger partial charge in [-0.15, -0.1) is 9.19 Å². The molecule has 0 spiro atoms. The molecule has 2 N–H and O–H groups in total. The molecule has 0 radical (unpaired) electrons. The highest BCUT2D eigenvalue weighted by Gasteiger charge is 2.34. The summed E-state index contributed by atoms with van der Waals surface area (Å²) in [6.45, 7) is 0.950. The zero-order chi connectivity index (χ0) is 24.3. The van der Waals surface area contributed by atoms with Gasteiger partial charge >= 0.3 is 6.03 Å². The fourth-order valence-corrected chi connectivity index (χ4v) is 4.32. The third-order valence-corrected chi connectivity index (χ3v) is 6.60. The summed E-state index contributed by atoms with van der Waals surface area (Å²) in [5, 5.41) is 10.5. The number of methoxy groups -OCH3 is 1. The number of amides is 2. The lowest BCUT2D eigenvalue weighted by Crippen LogP contribution is -2.51. The molecule has 0 unspecified atom stereocenters. The third kappa shape index (κ3) is 5.57. The lowest BCUT2D eigenvalue weighted by atomic mass is 9.89. The van der Waals surface area contributed by atoms with Crippen LogP contribution in [0.2, 0.25) is 5.02 Å². The van der Waals surface area contributed by atoms with E-state index in [-0.39, 0.29) is 18.0 Å². The van der Waals surface area contributed by atoms with Crippen LogP contribution >= 0.6 is 11.6 Å². The maximum atomic E-state index is 12.7. The van der Waals surface area contributed by atoms with Crippen molar-refractivity contribution in [2.24, 2.45) is 0 Å². The molecular formula is C21H24ClN7O4S. The van der Waals surface area contributed by atoms with E-state index < -0.39 is 10.0 Å². The molecular weight excluding hydrogens is 482 g/mol. The number of carbonyl (C=O) groups excluding carboxylic acids is 1. The average molecular weight is 506 g/mol. The van der Waals surface area contributed by atoms with Gasteiger partial charge in [-0.25, -0.2) is 13.2 Å². The molecule has 4 rings (SSSR count). The van der Waals surface area contributed by atoms with Crippen LogP contribution in [0.4, 0.5) is 16.4 Å². The molecule has 1 aliphatic rings. The summed E-state index contributed by atoms with van der Waals surface area (Å²) in [7, 11) is -1.97. The van der Waals surface area contributed by atoms with Gasteiger partial charge in [0, 0.05) is 41.5 Å². The van der Waals surface area contributed by atoms with E-state index in [1.807, 2.05) is 17.0 Å². The van der Waals surface area contributed by atoms with E-state index in [1.54, 1.807) is 37.6 Å². The first kappa shape index (κ1) is 23.8. The number of ether oxygens (including phenoxy) is 1. The SMILES string of the molecule is COc1ccc([C@@H]2CN(c3ncn(S(C)(=O)=O)n3)CC[C@H]2NC(=O)Nc2ccc(Cl)cc2)nc1. The van der Waals surface area contributed by atoms with Crippen molar-refractivity contribution in [3.05, 3.63) is 59.6 Å². The van der Waals surface area contributed by atoms with Gasteiger partial charge in [0.25, 0.3) is 10.0 Å². The number of anilines is 2. The second-order valence-corrected chi connectivity index (χ2v) is 10.1. The van der Waals surface area contributed by atoms with Crippen molar-refractivity contribution in [2.75, 3.05) is 36.7 Å². The molecule has 3 aromatic rings. The monoisotopic (exact) mass is 505 g/mol. The van der Waals surface area contributed by atoms with Crippen molar-refractivity contribution < 1.29 is 17.9 Å². The molecule has 2 atom stereocenters. The summed E-state index contributed by atoms with van der Waals surface area (Å²) >= 11 is 5.91. The van der Waals surface area contributed by atoms with E-state index in [9.17, 15) is 13.2 Å². The molecule has 11 nitrogen and oxygen atoms in total. The zero-order valence-electron chi connectivity index (χ0n) is 18.6. The first-order valence-corrected chi connectivity index (χ1v) is 12.7. The van der Waals surface area contributed by atoms with Crippen molar-refractivity contribution in [1.29, 1.82) is 0 Å². The molecule has 1 aromatic carbocycles. The molecule has 180 valence electrons. The van der Waals surface area contributed by atoms with E-state index in [0.717, 1.165) is 16.0 Å². The summed E-state index contributed by atoms with van der Waals surface area (Å²) in [5.41, 5.74) is 1.37. The Kier molecular flexibility index (Phi) is 6.89. The van der Waals surface area contributed by atoms with E-state index >= 15 is 0 Å². The average Bonchev–Trinajstić information content (AvgIpc) is 3.32. The molecule has 3 heterocycles. The predicted molar refractivity (Wildman–Crippen MR) is 128 cm³/mol. The normalized spacial score (nSPS) is 18.4. The first-order chi connectivity index (χ1) is 16.2. The lowest BCUT2D eigenvalue weighted by Gasteiger charge is -2.38. The third-order valence-electron chi connectivity index (χ3n) is 5.49. The van der Waals surface area contributed by atoms with Crippen molar-refractivity contribution >= 4 is 39.3 Å². The molecule has 0 bridgehead atoms. The second kappa shape index (κ2) is 9.85. The number of nitrogens with one attached hydrogen (secondary N) is 2. The number of benzene rings is 1. The highest BCUT2D eigenvalue weighted by atomic mass is 35.5. The molecule has 0 saturated carbocycles. The maximum Gasteiger partial charge on any atom is 0.319 e. The van der Waals surface area contributed by atoms with Gasteiger partial charge in [-0.1, -0.05) is 11.6 Å². The molecule has 1 fully saturated rings. The summed E-state index contributed by atoms with van der Waals surface area (Å²) in [6.07, 6.45) is 4.43. The quantitative estimate of drug-likeness (QED) is 0.521. The van der Waals surface area contributed by atoms with Crippen molar-refractivity contribution in [3.8, 4) is 5.75 Å². The van der Waals surface area contributed by atoms with E-state index in [2.05, 4.69) is 25.7 Å². The summed E-state index contributed by atoms with van der Waals surface area (Å²) in [5.74, 6) is 0.712. The number of hydrogen-bond donors (Lipinski definition) is 2. The standard InChI is InChI=1S/C21H24ClN7O4S/c1-33-16-7-8-18(23-11-16)17-12-28(20-24-13-29(27-20)34(2,31)32)10-9-19(17)26-21(30)25-15-5-3-14(22)4-6-15/h3-8,11,13,17,19H,9-10,12H2,1-2H3,(H2,25,26,30)/t17-,19+/m0/s1. The van der Waals surface area contributed by atoms with Crippen LogP contribution in [0, 0.1) is 0 Å². The van der Waals surface area contributed by atoms with E-state index in [0.29, 0.717) is 41.9 Å². The summed E-state index contributed by atoms with van der Waals surface area (Å²) in [6, 6.07) is 9.91. The van der Waals surface area contributed by atoms with Gasteiger partial charge in [0.15, 0.2) is 0 Å². The van der Waals surface area contributed by atoms with Gasteiger partial charge in [0.05, 0.1) is 19.6 Å². The second-order valence-electron chi connectivity index (χ2n) is 7.86. The van der Waals surface area contributed by atoms with Gasteiger partial charge in [0.1, 0.15) is 12.1 Å². The van der Waals surface area contributed by atoms with Gasteiger partial charge in [-0.3, -0.25) is 4.98 Å². The van der Waals surface area contributed by atoms with Crippen LogP contribution in [-0.4, -0.2) is 66.1 Å². The van der Waals surface area contributed by atoms with Crippen molar-refractivity contribution in [2.45, 2.75) is 18.4 Å². The van der Waals surface area contributed by atoms with Crippen LogP contribution in [0.1, 0.15) is 18.0 Å². The van der Waals surface area contributed by atoms with Gasteiger partial charge < -0.3 is 20.3 Å². The Morgan fingerprint density at radius 2 is 1.94 bits per heavy atom. The predicted octanol–water partition coefficient (Wildman–Crippen LogP) is 2.33. The summed E-state index contributed by atoms with van der Waals surface area (Å²) < 4.78 is 29.6. The summed E-state index contributed by atoms with van der Waals surface area (Å²) in [4.78, 5) is 23.3. The largest absolute Gasteiger partial charge is 0.495 e. The molecule has 34 heavy (non-hydrogen) atoms. The number of nitrogens with zero attached hydrogens (tertiary/aromatic N) is 5. The van der Waals surface area contributed by atoms with Gasteiger partial charge in [-0.05, 0) is 42.8 Å². The number of carbonyl (C=O) groups is 1. The number of rotatable bonds is 6. The number of urea groups is 1. The van der Waals surface area contributed by atoms with E-state index in [1.165, 1.54) is 6.33 Å². The van der Waals surface area contributed by atoms with Crippen molar-refractivity contribution in [3.63, 3.8) is 0 Å². The smallest absolute Gasteiger partial charge is 0.319 e. The Labute approximate surface area is 202 Å².